The molecule has 10 heavy (non-hydrogen) atoms. The maximum atomic E-state index is 5.45. The number of hydrogen-bond acceptors (Lipinski definition) is 3. The van der Waals surface area contributed by atoms with Crippen molar-refractivity contribution in [2.75, 3.05) is 0 Å². The molecule has 3 nitrogen and oxygen atoms in total. The van der Waals surface area contributed by atoms with Crippen molar-refractivity contribution in [3.63, 3.8) is 0 Å². The zero-order valence-electron chi connectivity index (χ0n) is 6.26. The van der Waals surface area contributed by atoms with Gasteiger partial charge in [0.05, 0.1) is 11.4 Å². The Kier molecular flexibility index (Phi) is 1.97. The second-order valence-electron chi connectivity index (χ2n) is 2.30. The van der Waals surface area contributed by atoms with Gasteiger partial charge in [-0.05, 0) is 25.5 Å². The number of aromatic nitrogens is 2. The van der Waals surface area contributed by atoms with Crippen LogP contribution in [0.1, 0.15) is 17.0 Å². The molecule has 0 bridgehead atoms. The Hall–Kier alpha value is -0.960. The van der Waals surface area contributed by atoms with Crippen LogP contribution < -0.4 is 5.73 Å². The number of nitrogens with zero attached hydrogens (tertiary/aromatic N) is 2. The Morgan fingerprint density at radius 1 is 1.40 bits per heavy atom. The number of aryl methyl sites for hydroxylation is 2. The van der Waals surface area contributed by atoms with Gasteiger partial charge >= 0.3 is 0 Å². The van der Waals surface area contributed by atoms with Crippen molar-refractivity contribution in [1.29, 1.82) is 0 Å². The first kappa shape index (κ1) is 7.15. The third-order valence-corrected chi connectivity index (χ3v) is 1.43. The first-order chi connectivity index (χ1) is 4.74. The lowest BCUT2D eigenvalue weighted by molar-refractivity contribution is 0.891. The van der Waals surface area contributed by atoms with Gasteiger partial charge < -0.3 is 5.73 Å². The van der Waals surface area contributed by atoms with Crippen molar-refractivity contribution < 1.29 is 0 Å². The molecule has 0 aliphatic carbocycles. The largest absolute Gasteiger partial charge is 0.326 e. The number of hydrogen-bond donors (Lipinski definition) is 1. The van der Waals surface area contributed by atoms with Gasteiger partial charge in [-0.15, -0.1) is 0 Å². The summed E-state index contributed by atoms with van der Waals surface area (Å²) in [4.78, 5) is 0. The topological polar surface area (TPSA) is 51.8 Å². The zero-order chi connectivity index (χ0) is 7.56. The van der Waals surface area contributed by atoms with Gasteiger partial charge in [0.15, 0.2) is 0 Å². The smallest absolute Gasteiger partial charge is 0.0645 e. The fraction of sp³-hybridized carbons (Fsp3) is 0.429. The van der Waals surface area contributed by atoms with E-state index in [-0.39, 0.29) is 0 Å². The summed E-state index contributed by atoms with van der Waals surface area (Å²) in [6.07, 6.45) is 0. The molecule has 0 atom stereocenters. The summed E-state index contributed by atoms with van der Waals surface area (Å²) >= 11 is 0. The fourth-order valence-corrected chi connectivity index (χ4v) is 0.810. The van der Waals surface area contributed by atoms with Crippen LogP contribution in [0.3, 0.4) is 0 Å². The predicted octanol–water partition coefficient (Wildman–Crippen LogP) is 0.552. The second kappa shape index (κ2) is 2.75. The molecule has 0 aliphatic heterocycles. The van der Waals surface area contributed by atoms with Crippen molar-refractivity contribution in [3.05, 3.63) is 23.0 Å². The van der Waals surface area contributed by atoms with Crippen LogP contribution in [0.4, 0.5) is 0 Å². The molecular weight excluding hydrogens is 126 g/mol. The Labute approximate surface area is 60.3 Å². The molecule has 1 aromatic heterocycles. The van der Waals surface area contributed by atoms with Gasteiger partial charge in [0.25, 0.3) is 0 Å². The van der Waals surface area contributed by atoms with E-state index in [0.717, 1.165) is 17.0 Å². The van der Waals surface area contributed by atoms with Crippen LogP contribution in [-0.4, -0.2) is 10.2 Å². The van der Waals surface area contributed by atoms with E-state index in [1.807, 2.05) is 19.9 Å². The zero-order valence-corrected chi connectivity index (χ0v) is 6.26. The summed E-state index contributed by atoms with van der Waals surface area (Å²) < 4.78 is 0. The third-order valence-electron chi connectivity index (χ3n) is 1.43. The highest BCUT2D eigenvalue weighted by molar-refractivity contribution is 5.18. The quantitative estimate of drug-likeness (QED) is 0.615. The number of nitrogens with two attached hydrogens (primary N) is 1. The molecule has 0 unspecified atom stereocenters. The van der Waals surface area contributed by atoms with Gasteiger partial charge in [0, 0.05) is 6.54 Å². The van der Waals surface area contributed by atoms with Crippen molar-refractivity contribution in [1.82, 2.24) is 10.2 Å². The van der Waals surface area contributed by atoms with Crippen LogP contribution in [-0.2, 0) is 6.54 Å². The molecule has 0 aromatic carbocycles. The molecule has 1 rings (SSSR count). The highest BCUT2D eigenvalue weighted by atomic mass is 15.1. The van der Waals surface area contributed by atoms with Crippen LogP contribution in [0, 0.1) is 13.8 Å². The normalized spacial score (nSPS) is 9.90. The number of rotatable bonds is 1. The van der Waals surface area contributed by atoms with Gasteiger partial charge in [-0.1, -0.05) is 0 Å². The van der Waals surface area contributed by atoms with E-state index >= 15 is 0 Å². The molecule has 0 aliphatic rings. The van der Waals surface area contributed by atoms with Crippen molar-refractivity contribution in [2.45, 2.75) is 20.4 Å². The minimum atomic E-state index is 0.544. The van der Waals surface area contributed by atoms with Crippen LogP contribution >= 0.6 is 0 Å². The molecule has 1 aromatic rings. The summed E-state index contributed by atoms with van der Waals surface area (Å²) in [5, 5.41) is 7.80. The minimum absolute atomic E-state index is 0.544. The highest BCUT2D eigenvalue weighted by Gasteiger charge is 1.96. The van der Waals surface area contributed by atoms with E-state index in [9.17, 15) is 0 Å². The van der Waals surface area contributed by atoms with E-state index in [0.29, 0.717) is 6.54 Å². The van der Waals surface area contributed by atoms with Gasteiger partial charge in [0.1, 0.15) is 0 Å². The lowest BCUT2D eigenvalue weighted by Crippen LogP contribution is -2.03. The molecule has 0 spiro atoms. The van der Waals surface area contributed by atoms with Crippen LogP contribution in [0.25, 0.3) is 0 Å². The van der Waals surface area contributed by atoms with Gasteiger partial charge in [-0.3, -0.25) is 0 Å². The van der Waals surface area contributed by atoms with Gasteiger partial charge in [-0.25, -0.2) is 0 Å². The molecular formula is C7H11N3. The maximum absolute atomic E-state index is 5.45. The molecule has 2 N–H and O–H groups in total. The summed E-state index contributed by atoms with van der Waals surface area (Å²) in [5.74, 6) is 0. The average Bonchev–Trinajstić information content (AvgIpc) is 1.94. The summed E-state index contributed by atoms with van der Waals surface area (Å²) in [5.41, 5.74) is 8.37. The van der Waals surface area contributed by atoms with Crippen LogP contribution in [0.2, 0.25) is 0 Å². The molecule has 0 saturated heterocycles. The molecule has 0 saturated carbocycles. The Morgan fingerprint density at radius 3 is 2.60 bits per heavy atom. The SMILES string of the molecule is Cc1cc(CN)c(C)nn1. The minimum Gasteiger partial charge on any atom is -0.326 e. The van der Waals surface area contributed by atoms with Gasteiger partial charge in [0.2, 0.25) is 0 Å². The molecule has 0 fully saturated rings. The van der Waals surface area contributed by atoms with Crippen molar-refractivity contribution >= 4 is 0 Å². The Morgan fingerprint density at radius 2 is 2.10 bits per heavy atom. The summed E-state index contributed by atoms with van der Waals surface area (Å²) in [6, 6.07) is 1.96. The first-order valence-corrected chi connectivity index (χ1v) is 3.24. The second-order valence-corrected chi connectivity index (χ2v) is 2.30. The van der Waals surface area contributed by atoms with E-state index < -0.39 is 0 Å². The van der Waals surface area contributed by atoms with E-state index in [2.05, 4.69) is 10.2 Å². The standard InChI is InChI=1S/C7H11N3/c1-5-3-7(4-8)6(2)10-9-5/h3H,4,8H2,1-2H3. The first-order valence-electron chi connectivity index (χ1n) is 3.24. The van der Waals surface area contributed by atoms with Gasteiger partial charge in [-0.2, -0.15) is 10.2 Å². The highest BCUT2D eigenvalue weighted by Crippen LogP contribution is 2.02. The molecule has 0 amide bonds. The van der Waals surface area contributed by atoms with E-state index in [4.69, 9.17) is 5.73 Å². The lowest BCUT2D eigenvalue weighted by atomic mass is 10.2. The summed E-state index contributed by atoms with van der Waals surface area (Å²) in [6.45, 7) is 4.36. The fourth-order valence-electron chi connectivity index (χ4n) is 0.810. The Bertz CT molecular complexity index is 232. The third kappa shape index (κ3) is 1.30. The molecule has 3 heteroatoms. The van der Waals surface area contributed by atoms with Crippen LogP contribution in [0.5, 0.6) is 0 Å². The van der Waals surface area contributed by atoms with E-state index in [1.165, 1.54) is 0 Å². The Balaban J connectivity index is 3.09. The molecule has 1 heterocycles. The van der Waals surface area contributed by atoms with Crippen molar-refractivity contribution in [2.24, 2.45) is 5.73 Å². The average molecular weight is 137 g/mol. The van der Waals surface area contributed by atoms with Crippen LogP contribution in [0.15, 0.2) is 6.07 Å². The molecule has 54 valence electrons. The van der Waals surface area contributed by atoms with Crippen molar-refractivity contribution in [3.8, 4) is 0 Å². The lowest BCUT2D eigenvalue weighted by Gasteiger charge is -1.99. The predicted molar refractivity (Wildman–Crippen MR) is 39.4 cm³/mol. The molecule has 0 radical (unpaired) electrons. The van der Waals surface area contributed by atoms with E-state index in [1.54, 1.807) is 0 Å². The summed E-state index contributed by atoms with van der Waals surface area (Å²) in [7, 11) is 0. The monoisotopic (exact) mass is 137 g/mol. The maximum Gasteiger partial charge on any atom is 0.0645 e.